The Morgan fingerprint density at radius 1 is 1.79 bits per heavy atom. The Kier molecular flexibility index (Phi) is 2.91. The topological polar surface area (TPSA) is 72.9 Å². The van der Waals surface area contributed by atoms with Gasteiger partial charge >= 0.3 is 0 Å². The summed E-state index contributed by atoms with van der Waals surface area (Å²) in [5.74, 6) is 0.141. The van der Waals surface area contributed by atoms with Crippen molar-refractivity contribution in [3.8, 4) is 0 Å². The van der Waals surface area contributed by atoms with E-state index in [0.29, 0.717) is 17.9 Å². The zero-order chi connectivity index (χ0) is 10.7. The van der Waals surface area contributed by atoms with Gasteiger partial charge < -0.3 is 11.1 Å². The Balaban J connectivity index is 2.70. The number of nitrogen functional groups attached to an aromatic ring is 1. The van der Waals surface area contributed by atoms with E-state index in [0.717, 1.165) is 5.57 Å². The van der Waals surface area contributed by atoms with Crippen molar-refractivity contribution < 1.29 is 4.79 Å². The molecule has 3 N–H and O–H groups in total. The first-order valence-electron chi connectivity index (χ1n) is 4.22. The van der Waals surface area contributed by atoms with E-state index in [1.54, 1.807) is 7.05 Å². The number of carbonyl (C=O) groups excluding carboxylic acids is 1. The van der Waals surface area contributed by atoms with Gasteiger partial charge in [0, 0.05) is 13.6 Å². The summed E-state index contributed by atoms with van der Waals surface area (Å²) in [7, 11) is 1.69. The van der Waals surface area contributed by atoms with Gasteiger partial charge in [0.15, 0.2) is 0 Å². The van der Waals surface area contributed by atoms with E-state index in [2.05, 4.69) is 17.0 Å². The fraction of sp³-hybridized carbons (Fsp3) is 0.333. The lowest BCUT2D eigenvalue weighted by molar-refractivity contribution is 0.0958. The molecule has 5 heteroatoms. The summed E-state index contributed by atoms with van der Waals surface area (Å²) in [5, 5.41) is 6.55. The van der Waals surface area contributed by atoms with E-state index in [1.807, 2.05) is 6.92 Å². The second-order valence-corrected chi connectivity index (χ2v) is 3.21. The number of nitrogens with one attached hydrogen (secondary N) is 1. The molecule has 1 aromatic rings. The molecule has 0 fully saturated rings. The Labute approximate surface area is 82.6 Å². The number of aryl methyl sites for hydroxylation is 1. The van der Waals surface area contributed by atoms with Crippen LogP contribution in [0.3, 0.4) is 0 Å². The Hall–Kier alpha value is -1.78. The zero-order valence-corrected chi connectivity index (χ0v) is 8.37. The molecule has 14 heavy (non-hydrogen) atoms. The quantitative estimate of drug-likeness (QED) is 0.680. The SMILES string of the molecule is C=C(C)CNC(=O)c1cnn(C)c1N. The Morgan fingerprint density at radius 2 is 2.43 bits per heavy atom. The Bertz CT molecular complexity index is 367. The van der Waals surface area contributed by atoms with Gasteiger partial charge in [-0.05, 0) is 6.92 Å². The van der Waals surface area contributed by atoms with Crippen LogP contribution in [0.4, 0.5) is 5.82 Å². The number of nitrogens with zero attached hydrogens (tertiary/aromatic N) is 2. The largest absolute Gasteiger partial charge is 0.383 e. The number of amides is 1. The van der Waals surface area contributed by atoms with Crippen LogP contribution in [0.1, 0.15) is 17.3 Å². The molecule has 0 spiro atoms. The molecule has 0 aliphatic carbocycles. The number of anilines is 1. The van der Waals surface area contributed by atoms with Gasteiger partial charge in [-0.3, -0.25) is 9.48 Å². The molecule has 0 saturated carbocycles. The van der Waals surface area contributed by atoms with Gasteiger partial charge in [-0.25, -0.2) is 0 Å². The number of nitrogens with two attached hydrogens (primary N) is 1. The van der Waals surface area contributed by atoms with Gasteiger partial charge in [0.2, 0.25) is 0 Å². The second-order valence-electron chi connectivity index (χ2n) is 3.21. The third-order valence-corrected chi connectivity index (χ3v) is 1.78. The first kappa shape index (κ1) is 10.3. The highest BCUT2D eigenvalue weighted by molar-refractivity contribution is 5.98. The lowest BCUT2D eigenvalue weighted by atomic mass is 10.3. The van der Waals surface area contributed by atoms with E-state index in [4.69, 9.17) is 5.73 Å². The summed E-state index contributed by atoms with van der Waals surface area (Å²) in [4.78, 5) is 11.5. The second kappa shape index (κ2) is 3.95. The molecule has 1 amide bonds. The van der Waals surface area contributed by atoms with Crippen LogP contribution in [0.15, 0.2) is 18.3 Å². The van der Waals surface area contributed by atoms with Crippen molar-refractivity contribution in [3.05, 3.63) is 23.9 Å². The van der Waals surface area contributed by atoms with Crippen LogP contribution in [-0.4, -0.2) is 22.2 Å². The highest BCUT2D eigenvalue weighted by atomic mass is 16.1. The predicted octanol–water partition coefficient (Wildman–Crippen LogP) is 0.308. The highest BCUT2D eigenvalue weighted by Gasteiger charge is 2.12. The van der Waals surface area contributed by atoms with Crippen LogP contribution in [0.2, 0.25) is 0 Å². The van der Waals surface area contributed by atoms with Crippen molar-refractivity contribution in [2.75, 3.05) is 12.3 Å². The third kappa shape index (κ3) is 2.12. The fourth-order valence-corrected chi connectivity index (χ4v) is 0.948. The molecule has 0 aliphatic heterocycles. The predicted molar refractivity (Wildman–Crippen MR) is 54.8 cm³/mol. The molecular formula is C9H14N4O. The summed E-state index contributed by atoms with van der Waals surface area (Å²) < 4.78 is 1.45. The van der Waals surface area contributed by atoms with E-state index in [-0.39, 0.29) is 5.91 Å². The van der Waals surface area contributed by atoms with Gasteiger partial charge in [0.05, 0.1) is 6.20 Å². The molecule has 0 bridgehead atoms. The molecule has 1 rings (SSSR count). The molecule has 0 atom stereocenters. The normalized spacial score (nSPS) is 9.86. The average molecular weight is 194 g/mol. The number of aromatic nitrogens is 2. The van der Waals surface area contributed by atoms with Crippen molar-refractivity contribution in [3.63, 3.8) is 0 Å². The van der Waals surface area contributed by atoms with Gasteiger partial charge in [0.25, 0.3) is 5.91 Å². The van der Waals surface area contributed by atoms with E-state index < -0.39 is 0 Å². The molecule has 0 aromatic carbocycles. The van der Waals surface area contributed by atoms with E-state index >= 15 is 0 Å². The van der Waals surface area contributed by atoms with Crippen molar-refractivity contribution in [1.82, 2.24) is 15.1 Å². The van der Waals surface area contributed by atoms with Gasteiger partial charge in [-0.1, -0.05) is 12.2 Å². The van der Waals surface area contributed by atoms with E-state index in [1.165, 1.54) is 10.9 Å². The molecular weight excluding hydrogens is 180 g/mol. The van der Waals surface area contributed by atoms with Crippen molar-refractivity contribution in [2.24, 2.45) is 7.05 Å². The summed E-state index contributed by atoms with van der Waals surface area (Å²) in [6.07, 6.45) is 1.45. The van der Waals surface area contributed by atoms with Crippen molar-refractivity contribution >= 4 is 11.7 Å². The molecule has 0 radical (unpaired) electrons. The van der Waals surface area contributed by atoms with Crippen LogP contribution in [0.25, 0.3) is 0 Å². The molecule has 76 valence electrons. The lowest BCUT2D eigenvalue weighted by Gasteiger charge is -2.03. The maximum atomic E-state index is 11.5. The Morgan fingerprint density at radius 3 is 2.86 bits per heavy atom. The molecule has 0 saturated heterocycles. The minimum atomic E-state index is -0.224. The minimum Gasteiger partial charge on any atom is -0.383 e. The fourth-order valence-electron chi connectivity index (χ4n) is 0.948. The zero-order valence-electron chi connectivity index (χ0n) is 8.37. The lowest BCUT2D eigenvalue weighted by Crippen LogP contribution is -2.25. The smallest absolute Gasteiger partial charge is 0.256 e. The van der Waals surface area contributed by atoms with Crippen molar-refractivity contribution in [1.29, 1.82) is 0 Å². The maximum absolute atomic E-state index is 11.5. The number of hydrogen-bond donors (Lipinski definition) is 2. The maximum Gasteiger partial charge on any atom is 0.256 e. The minimum absolute atomic E-state index is 0.224. The summed E-state index contributed by atoms with van der Waals surface area (Å²) in [6, 6.07) is 0. The first-order valence-corrected chi connectivity index (χ1v) is 4.22. The number of carbonyl (C=O) groups is 1. The summed E-state index contributed by atoms with van der Waals surface area (Å²) >= 11 is 0. The van der Waals surface area contributed by atoms with Crippen LogP contribution >= 0.6 is 0 Å². The number of hydrogen-bond acceptors (Lipinski definition) is 3. The van der Waals surface area contributed by atoms with Crippen LogP contribution in [0, 0.1) is 0 Å². The van der Waals surface area contributed by atoms with Crippen molar-refractivity contribution in [2.45, 2.75) is 6.92 Å². The molecule has 0 aliphatic rings. The summed E-state index contributed by atoms with van der Waals surface area (Å²) in [6.45, 7) is 5.97. The average Bonchev–Trinajstić information content (AvgIpc) is 2.44. The standard InChI is InChI=1S/C9H14N4O/c1-6(2)4-11-9(14)7-5-12-13(3)8(7)10/h5H,1,4,10H2,2-3H3,(H,11,14). The molecule has 0 unspecified atom stereocenters. The number of rotatable bonds is 3. The molecule has 1 heterocycles. The third-order valence-electron chi connectivity index (χ3n) is 1.78. The van der Waals surface area contributed by atoms with Crippen LogP contribution in [0.5, 0.6) is 0 Å². The van der Waals surface area contributed by atoms with Gasteiger partial charge in [0.1, 0.15) is 11.4 Å². The molecule has 5 nitrogen and oxygen atoms in total. The first-order chi connectivity index (χ1) is 6.52. The van der Waals surface area contributed by atoms with E-state index in [9.17, 15) is 4.79 Å². The van der Waals surface area contributed by atoms with Gasteiger partial charge in [-0.2, -0.15) is 5.10 Å². The summed E-state index contributed by atoms with van der Waals surface area (Å²) in [5.41, 5.74) is 6.91. The highest BCUT2D eigenvalue weighted by Crippen LogP contribution is 2.08. The van der Waals surface area contributed by atoms with Gasteiger partial charge in [-0.15, -0.1) is 0 Å². The van der Waals surface area contributed by atoms with Crippen LogP contribution < -0.4 is 11.1 Å². The monoisotopic (exact) mass is 194 g/mol. The van der Waals surface area contributed by atoms with Crippen LogP contribution in [-0.2, 0) is 7.05 Å². The molecule has 1 aromatic heterocycles.